The van der Waals surface area contributed by atoms with Crippen LogP contribution in [0.3, 0.4) is 0 Å². The Hall–Kier alpha value is -0.0800. The lowest BCUT2D eigenvalue weighted by Crippen LogP contribution is -2.40. The third-order valence-electron chi connectivity index (χ3n) is 3.35. The molecule has 0 aromatic carbocycles. The molecule has 0 aromatic rings. The third-order valence-corrected chi connectivity index (χ3v) is 3.35. The second kappa shape index (κ2) is 5.61. The molecule has 0 saturated heterocycles. The van der Waals surface area contributed by atoms with Crippen LogP contribution in [0.25, 0.3) is 0 Å². The highest BCUT2D eigenvalue weighted by molar-refractivity contribution is 4.82. The quantitative estimate of drug-likeness (QED) is 0.723. The van der Waals surface area contributed by atoms with E-state index in [0.717, 1.165) is 18.6 Å². The first-order valence-electron chi connectivity index (χ1n) is 5.45. The Morgan fingerprint density at radius 2 is 2.08 bits per heavy atom. The van der Waals surface area contributed by atoms with Crippen LogP contribution < -0.4 is 5.32 Å². The Bertz CT molecular complexity index is 138. The molecule has 2 nitrogen and oxygen atoms in total. The fraction of sp³-hybridized carbons (Fsp3) is 1.00. The van der Waals surface area contributed by atoms with Crippen LogP contribution in [0.2, 0.25) is 0 Å². The molecule has 2 heteroatoms. The zero-order chi connectivity index (χ0) is 9.68. The molecule has 1 rings (SSSR count). The van der Waals surface area contributed by atoms with Gasteiger partial charge in [-0.05, 0) is 31.7 Å². The maximum atomic E-state index is 5.22. The summed E-state index contributed by atoms with van der Waals surface area (Å²) in [5.74, 6) is 1.52. The molecule has 0 aliphatic heterocycles. The minimum atomic E-state index is 0.697. The van der Waals surface area contributed by atoms with E-state index in [9.17, 15) is 0 Å². The van der Waals surface area contributed by atoms with Crippen LogP contribution in [-0.2, 0) is 4.74 Å². The summed E-state index contributed by atoms with van der Waals surface area (Å²) in [6.07, 6.45) is 5.50. The van der Waals surface area contributed by atoms with Crippen molar-refractivity contribution in [3.05, 3.63) is 0 Å². The topological polar surface area (TPSA) is 21.3 Å². The molecule has 1 aliphatic rings. The predicted molar refractivity (Wildman–Crippen MR) is 55.8 cm³/mol. The van der Waals surface area contributed by atoms with Gasteiger partial charge >= 0.3 is 0 Å². The number of hydrogen-bond acceptors (Lipinski definition) is 2. The second-order valence-corrected chi connectivity index (χ2v) is 4.28. The zero-order valence-electron chi connectivity index (χ0n) is 9.18. The first-order valence-corrected chi connectivity index (χ1v) is 5.45. The summed E-state index contributed by atoms with van der Waals surface area (Å²) in [6.45, 7) is 3.21. The van der Waals surface area contributed by atoms with Gasteiger partial charge in [0, 0.05) is 19.8 Å². The Labute approximate surface area is 82.0 Å². The highest BCUT2D eigenvalue weighted by atomic mass is 16.5. The second-order valence-electron chi connectivity index (χ2n) is 4.28. The number of methoxy groups -OCH3 is 1. The van der Waals surface area contributed by atoms with E-state index in [4.69, 9.17) is 4.74 Å². The first kappa shape index (κ1) is 11.0. The van der Waals surface area contributed by atoms with E-state index in [1.807, 2.05) is 0 Å². The van der Waals surface area contributed by atoms with Crippen LogP contribution in [0, 0.1) is 11.8 Å². The van der Waals surface area contributed by atoms with E-state index >= 15 is 0 Å². The smallest absolute Gasteiger partial charge is 0.0491 e. The summed E-state index contributed by atoms with van der Waals surface area (Å²) in [5, 5.41) is 3.44. The van der Waals surface area contributed by atoms with Crippen molar-refractivity contribution in [2.24, 2.45) is 11.8 Å². The van der Waals surface area contributed by atoms with Gasteiger partial charge in [0.1, 0.15) is 0 Å². The number of hydrogen-bond donors (Lipinski definition) is 1. The maximum absolute atomic E-state index is 5.22. The first-order chi connectivity index (χ1) is 6.29. The van der Waals surface area contributed by atoms with Crippen LogP contribution in [-0.4, -0.2) is 26.8 Å². The minimum absolute atomic E-state index is 0.697. The van der Waals surface area contributed by atoms with Gasteiger partial charge < -0.3 is 10.1 Å². The van der Waals surface area contributed by atoms with E-state index in [2.05, 4.69) is 19.3 Å². The van der Waals surface area contributed by atoms with Crippen LogP contribution in [0.15, 0.2) is 0 Å². The molecule has 0 radical (unpaired) electrons. The molecule has 0 bridgehead atoms. The van der Waals surface area contributed by atoms with Crippen molar-refractivity contribution in [3.8, 4) is 0 Å². The number of ether oxygens (including phenoxy) is 1. The molecule has 1 saturated carbocycles. The molecule has 0 aromatic heterocycles. The standard InChI is InChI=1S/C11H23NO/c1-9(8-13-3)10-6-4-5-7-11(10)12-2/h9-12H,4-8H2,1-3H3. The summed E-state index contributed by atoms with van der Waals surface area (Å²) in [4.78, 5) is 0. The summed E-state index contributed by atoms with van der Waals surface area (Å²) in [5.41, 5.74) is 0. The Balaban J connectivity index is 2.43. The molecule has 3 unspecified atom stereocenters. The van der Waals surface area contributed by atoms with Gasteiger partial charge in [0.15, 0.2) is 0 Å². The number of nitrogens with one attached hydrogen (secondary N) is 1. The predicted octanol–water partition coefficient (Wildman–Crippen LogP) is 2.05. The molecule has 1 aliphatic carbocycles. The average Bonchev–Trinajstić information content (AvgIpc) is 2.18. The SMILES string of the molecule is CNC1CCCCC1C(C)COC. The van der Waals surface area contributed by atoms with Gasteiger partial charge in [0.2, 0.25) is 0 Å². The van der Waals surface area contributed by atoms with E-state index < -0.39 is 0 Å². The monoisotopic (exact) mass is 185 g/mol. The Morgan fingerprint density at radius 1 is 1.38 bits per heavy atom. The summed E-state index contributed by atoms with van der Waals surface area (Å²) in [7, 11) is 3.89. The van der Waals surface area contributed by atoms with Crippen LogP contribution >= 0.6 is 0 Å². The van der Waals surface area contributed by atoms with Crippen LogP contribution in [0.4, 0.5) is 0 Å². The average molecular weight is 185 g/mol. The van der Waals surface area contributed by atoms with Crippen molar-refractivity contribution in [1.82, 2.24) is 5.32 Å². The van der Waals surface area contributed by atoms with E-state index in [1.165, 1.54) is 25.7 Å². The van der Waals surface area contributed by atoms with Gasteiger partial charge in [-0.1, -0.05) is 19.8 Å². The number of rotatable bonds is 4. The lowest BCUT2D eigenvalue weighted by molar-refractivity contribution is 0.0981. The van der Waals surface area contributed by atoms with Crippen molar-refractivity contribution in [2.45, 2.75) is 38.6 Å². The van der Waals surface area contributed by atoms with Crippen molar-refractivity contribution in [2.75, 3.05) is 20.8 Å². The van der Waals surface area contributed by atoms with Gasteiger partial charge in [-0.3, -0.25) is 0 Å². The van der Waals surface area contributed by atoms with E-state index in [1.54, 1.807) is 7.11 Å². The van der Waals surface area contributed by atoms with Crippen molar-refractivity contribution < 1.29 is 4.74 Å². The molecular weight excluding hydrogens is 162 g/mol. The fourth-order valence-corrected chi connectivity index (χ4v) is 2.59. The van der Waals surface area contributed by atoms with Crippen molar-refractivity contribution in [3.63, 3.8) is 0 Å². The van der Waals surface area contributed by atoms with E-state index in [-0.39, 0.29) is 0 Å². The lowest BCUT2D eigenvalue weighted by Gasteiger charge is -2.35. The molecule has 0 spiro atoms. The molecule has 1 N–H and O–H groups in total. The highest BCUT2D eigenvalue weighted by Gasteiger charge is 2.27. The zero-order valence-corrected chi connectivity index (χ0v) is 9.18. The van der Waals surface area contributed by atoms with Crippen molar-refractivity contribution >= 4 is 0 Å². The van der Waals surface area contributed by atoms with Crippen molar-refractivity contribution in [1.29, 1.82) is 0 Å². The minimum Gasteiger partial charge on any atom is -0.384 e. The fourth-order valence-electron chi connectivity index (χ4n) is 2.59. The van der Waals surface area contributed by atoms with Gasteiger partial charge in [0.25, 0.3) is 0 Å². The van der Waals surface area contributed by atoms with Gasteiger partial charge in [-0.2, -0.15) is 0 Å². The van der Waals surface area contributed by atoms with E-state index in [0.29, 0.717) is 5.92 Å². The largest absolute Gasteiger partial charge is 0.384 e. The molecule has 13 heavy (non-hydrogen) atoms. The van der Waals surface area contributed by atoms with Gasteiger partial charge in [-0.15, -0.1) is 0 Å². The third kappa shape index (κ3) is 2.96. The molecule has 1 fully saturated rings. The Morgan fingerprint density at radius 3 is 2.69 bits per heavy atom. The molecule has 3 atom stereocenters. The lowest BCUT2D eigenvalue weighted by atomic mass is 9.77. The van der Waals surface area contributed by atoms with Gasteiger partial charge in [0.05, 0.1) is 0 Å². The van der Waals surface area contributed by atoms with Crippen LogP contribution in [0.5, 0.6) is 0 Å². The Kier molecular flexibility index (Phi) is 4.74. The normalized spacial score (nSPS) is 31.6. The summed E-state index contributed by atoms with van der Waals surface area (Å²) in [6, 6.07) is 0.721. The molecule has 0 amide bonds. The molecule has 0 heterocycles. The maximum Gasteiger partial charge on any atom is 0.0491 e. The molecule has 78 valence electrons. The summed E-state index contributed by atoms with van der Waals surface area (Å²) >= 11 is 0. The molecular formula is C11H23NO. The highest BCUT2D eigenvalue weighted by Crippen LogP contribution is 2.30. The van der Waals surface area contributed by atoms with Crippen LogP contribution in [0.1, 0.15) is 32.6 Å². The van der Waals surface area contributed by atoms with Gasteiger partial charge in [-0.25, -0.2) is 0 Å². The summed E-state index contributed by atoms with van der Waals surface area (Å²) < 4.78 is 5.22.